The van der Waals surface area contributed by atoms with Crippen molar-refractivity contribution in [3.8, 4) is 0 Å². The van der Waals surface area contributed by atoms with Crippen molar-refractivity contribution in [2.45, 2.75) is 143 Å². The molecule has 3 aliphatic heterocycles. The molecule has 4 atom stereocenters. The van der Waals surface area contributed by atoms with Gasteiger partial charge in [-0.25, -0.2) is 0 Å². The summed E-state index contributed by atoms with van der Waals surface area (Å²) in [6.07, 6.45) is 10.6. The molecule has 0 spiro atoms. The van der Waals surface area contributed by atoms with E-state index in [1.165, 1.54) is 0 Å². The van der Waals surface area contributed by atoms with Gasteiger partial charge < -0.3 is 20.0 Å². The molecule has 3 fully saturated rings. The second-order valence-corrected chi connectivity index (χ2v) is 15.1. The molecule has 0 aliphatic carbocycles. The Labute approximate surface area is 267 Å². The summed E-state index contributed by atoms with van der Waals surface area (Å²) in [5.74, 6) is -0.267. The number of nitrogens with zero attached hydrogens (tertiary/aromatic N) is 4. The molecule has 0 aromatic carbocycles. The first-order chi connectivity index (χ1) is 20.6. The highest BCUT2D eigenvalue weighted by molar-refractivity contribution is 5.97. The molecular weight excluding hydrogens is 554 g/mol. The summed E-state index contributed by atoms with van der Waals surface area (Å²) in [7, 11) is 1.77. The van der Waals surface area contributed by atoms with E-state index in [0.717, 1.165) is 71.0 Å². The molecule has 1 N–H and O–H groups in total. The zero-order valence-corrected chi connectivity index (χ0v) is 29.2. The number of hydrogen-bond donors (Lipinski definition) is 1. The van der Waals surface area contributed by atoms with E-state index in [-0.39, 0.29) is 47.7 Å². The first-order valence-electron chi connectivity index (χ1n) is 17.3. The number of likely N-dealkylation sites (N-methyl/N-ethyl adjacent to an activating group) is 1. The Morgan fingerprint density at radius 3 is 1.98 bits per heavy atom. The Morgan fingerprint density at radius 1 is 0.818 bits per heavy atom. The highest BCUT2D eigenvalue weighted by Gasteiger charge is 2.41. The van der Waals surface area contributed by atoms with Crippen LogP contribution in [0.3, 0.4) is 0 Å². The summed E-state index contributed by atoms with van der Waals surface area (Å²) in [5.41, 5.74) is 0.0373. The fraction of sp³-hybridized carbons (Fsp3) is 0.829. The van der Waals surface area contributed by atoms with Gasteiger partial charge in [0.2, 0.25) is 23.6 Å². The molecule has 4 amide bonds. The minimum atomic E-state index is -0.712. The second-order valence-electron chi connectivity index (χ2n) is 15.1. The molecule has 0 aromatic rings. The fourth-order valence-electron chi connectivity index (χ4n) is 7.16. The molecule has 0 radical (unpaired) electrons. The van der Waals surface area contributed by atoms with Gasteiger partial charge in [0.05, 0.1) is 12.1 Å². The second kappa shape index (κ2) is 15.7. The molecule has 0 saturated carbocycles. The Hall–Kier alpha value is -2.42. The van der Waals surface area contributed by atoms with Gasteiger partial charge in [-0.3, -0.25) is 24.1 Å². The van der Waals surface area contributed by atoms with Crippen LogP contribution in [0.5, 0.6) is 0 Å². The fourth-order valence-corrected chi connectivity index (χ4v) is 7.16. The van der Waals surface area contributed by atoms with Crippen LogP contribution >= 0.6 is 0 Å². The normalized spacial score (nSPS) is 23.8. The summed E-state index contributed by atoms with van der Waals surface area (Å²) in [6.45, 7) is 19.1. The van der Waals surface area contributed by atoms with Crippen molar-refractivity contribution in [1.82, 2.24) is 24.9 Å². The minimum absolute atomic E-state index is 0.0332. The lowest BCUT2D eigenvalue weighted by atomic mass is 9.84. The van der Waals surface area contributed by atoms with Gasteiger partial charge in [0.25, 0.3) is 0 Å². The number of hydrogen-bond acceptors (Lipinski definition) is 5. The van der Waals surface area contributed by atoms with Crippen LogP contribution in [0.1, 0.15) is 113 Å². The highest BCUT2D eigenvalue weighted by atomic mass is 16.2. The highest BCUT2D eigenvalue weighted by Crippen LogP contribution is 2.27. The Bertz CT molecular complexity index is 1040. The van der Waals surface area contributed by atoms with Gasteiger partial charge in [0, 0.05) is 38.3 Å². The molecule has 9 nitrogen and oxygen atoms in total. The van der Waals surface area contributed by atoms with Crippen LogP contribution < -0.4 is 5.32 Å². The zero-order chi connectivity index (χ0) is 32.8. The Kier molecular flexibility index (Phi) is 12.9. The number of amides is 4. The molecular formula is C35H61N5O4. The number of piperidine rings is 1. The maximum atomic E-state index is 14.1. The number of carbonyl (C=O) groups excluding carboxylic acids is 4. The van der Waals surface area contributed by atoms with Gasteiger partial charge in [-0.15, -0.1) is 0 Å². The number of nitrogens with one attached hydrogen (secondary N) is 1. The molecule has 9 heteroatoms. The lowest BCUT2D eigenvalue weighted by Crippen LogP contribution is -2.60. The molecule has 250 valence electrons. The van der Waals surface area contributed by atoms with Gasteiger partial charge in [0.15, 0.2) is 0 Å². The van der Waals surface area contributed by atoms with Crippen molar-refractivity contribution in [1.29, 1.82) is 0 Å². The van der Waals surface area contributed by atoms with Crippen LogP contribution in [-0.2, 0) is 19.2 Å². The van der Waals surface area contributed by atoms with E-state index >= 15 is 0 Å². The van der Waals surface area contributed by atoms with Crippen molar-refractivity contribution in [2.24, 2.45) is 11.3 Å². The average Bonchev–Trinajstić information content (AvgIpc) is 3.30. The standard InChI is InChI=1S/C35H61N5O4/c1-24(2)29(23-26(5)32(42)40-22-16-18-28(40)33(43)38-19-13-10-11-14-20-38)37(9)34(44)30(35(6,7)8)36-31(41)27-17-12-15-21-39(27)25(3)4/h23-25,27-30H,10-22H2,1-9H3,(H,36,41)/b26-23+/t27?,28-,29+,30+/m0/s1. The van der Waals surface area contributed by atoms with Crippen LogP contribution in [-0.4, -0.2) is 107 Å². The first-order valence-corrected chi connectivity index (χ1v) is 17.3. The summed E-state index contributed by atoms with van der Waals surface area (Å²) < 4.78 is 0. The van der Waals surface area contributed by atoms with E-state index in [9.17, 15) is 19.2 Å². The number of carbonyl (C=O) groups is 4. The molecule has 0 aromatic heterocycles. The zero-order valence-electron chi connectivity index (χ0n) is 29.2. The van der Waals surface area contributed by atoms with Crippen LogP contribution in [0, 0.1) is 11.3 Å². The first kappa shape index (κ1) is 36.1. The topological polar surface area (TPSA) is 93.3 Å². The SMILES string of the molecule is C/C(=C\[C@H](C(C)C)N(C)C(=O)[C@@H](NC(=O)C1CCCCN1C(C)C)C(C)(C)C)C(=O)N1CCC[C@H]1C(=O)N1CCCCCC1. The third kappa shape index (κ3) is 8.85. The Morgan fingerprint density at radius 2 is 1.41 bits per heavy atom. The lowest BCUT2D eigenvalue weighted by Gasteiger charge is -2.41. The largest absolute Gasteiger partial charge is 0.342 e. The van der Waals surface area contributed by atoms with Crippen molar-refractivity contribution in [3.05, 3.63) is 11.6 Å². The summed E-state index contributed by atoms with van der Waals surface area (Å²) >= 11 is 0. The van der Waals surface area contributed by atoms with Crippen LogP contribution in [0.2, 0.25) is 0 Å². The van der Waals surface area contributed by atoms with Crippen molar-refractivity contribution < 1.29 is 19.2 Å². The predicted octanol–water partition coefficient (Wildman–Crippen LogP) is 4.60. The number of rotatable bonds is 9. The molecule has 3 aliphatic rings. The average molecular weight is 616 g/mol. The van der Waals surface area contributed by atoms with E-state index in [0.29, 0.717) is 18.5 Å². The van der Waals surface area contributed by atoms with Crippen molar-refractivity contribution >= 4 is 23.6 Å². The van der Waals surface area contributed by atoms with Gasteiger partial charge in [-0.05, 0) is 77.2 Å². The summed E-state index contributed by atoms with van der Waals surface area (Å²) in [4.78, 5) is 62.7. The summed E-state index contributed by atoms with van der Waals surface area (Å²) in [6, 6.07) is -1.46. The van der Waals surface area contributed by atoms with E-state index in [2.05, 4.69) is 24.1 Å². The third-order valence-corrected chi connectivity index (χ3v) is 9.86. The number of likely N-dealkylation sites (tertiary alicyclic amines) is 3. The molecule has 1 unspecified atom stereocenters. The van der Waals surface area contributed by atoms with Crippen LogP contribution in [0.15, 0.2) is 11.6 Å². The van der Waals surface area contributed by atoms with Gasteiger partial charge >= 0.3 is 0 Å². The van der Waals surface area contributed by atoms with E-state index < -0.39 is 17.5 Å². The Balaban J connectivity index is 1.77. The van der Waals surface area contributed by atoms with Gasteiger partial charge in [-0.1, -0.05) is 60.0 Å². The minimum Gasteiger partial charge on any atom is -0.342 e. The van der Waals surface area contributed by atoms with E-state index in [4.69, 9.17) is 0 Å². The van der Waals surface area contributed by atoms with Crippen LogP contribution in [0.4, 0.5) is 0 Å². The molecule has 3 saturated heterocycles. The van der Waals surface area contributed by atoms with Gasteiger partial charge in [-0.2, -0.15) is 0 Å². The quantitative estimate of drug-likeness (QED) is 0.383. The maximum absolute atomic E-state index is 14.1. The smallest absolute Gasteiger partial charge is 0.249 e. The third-order valence-electron chi connectivity index (χ3n) is 9.86. The summed E-state index contributed by atoms with van der Waals surface area (Å²) in [5, 5.41) is 3.15. The predicted molar refractivity (Wildman–Crippen MR) is 176 cm³/mol. The van der Waals surface area contributed by atoms with Crippen molar-refractivity contribution in [2.75, 3.05) is 33.2 Å². The molecule has 44 heavy (non-hydrogen) atoms. The van der Waals surface area contributed by atoms with E-state index in [1.807, 2.05) is 45.6 Å². The van der Waals surface area contributed by atoms with Crippen LogP contribution in [0.25, 0.3) is 0 Å². The molecule has 3 rings (SSSR count). The van der Waals surface area contributed by atoms with Gasteiger partial charge in [0.1, 0.15) is 12.1 Å². The van der Waals surface area contributed by atoms with E-state index in [1.54, 1.807) is 23.8 Å². The lowest BCUT2D eigenvalue weighted by molar-refractivity contribution is -0.142. The maximum Gasteiger partial charge on any atom is 0.249 e. The monoisotopic (exact) mass is 615 g/mol. The molecule has 0 bridgehead atoms. The molecule has 3 heterocycles. The van der Waals surface area contributed by atoms with Crippen molar-refractivity contribution in [3.63, 3.8) is 0 Å².